The van der Waals surface area contributed by atoms with Crippen molar-refractivity contribution >= 4 is 43.3 Å². The summed E-state index contributed by atoms with van der Waals surface area (Å²) in [4.78, 5) is 11.7. The Bertz CT molecular complexity index is 574. The lowest BCUT2D eigenvalue weighted by atomic mass is 10.3. The van der Waals surface area contributed by atoms with Crippen LogP contribution in [-0.4, -0.2) is 25.0 Å². The molecule has 8 heteroatoms. The molecule has 0 unspecified atom stereocenters. The molecule has 5 nitrogen and oxygen atoms in total. The highest BCUT2D eigenvalue weighted by Crippen LogP contribution is 2.38. The van der Waals surface area contributed by atoms with Crippen molar-refractivity contribution in [2.45, 2.75) is 30.2 Å². The molecule has 94 valence electrons. The molecule has 0 bridgehead atoms. The summed E-state index contributed by atoms with van der Waals surface area (Å²) in [6, 6.07) is 1.49. The molecule has 0 spiro atoms. The summed E-state index contributed by atoms with van der Waals surface area (Å²) in [5, 5.41) is 8.95. The molecule has 1 aromatic rings. The normalized spacial score (nSPS) is 18.0. The molecule has 1 fully saturated rings. The smallest absolute Gasteiger partial charge is 0.324 e. The van der Waals surface area contributed by atoms with Gasteiger partial charge in [0.2, 0.25) is 10.0 Å². The summed E-state index contributed by atoms with van der Waals surface area (Å²) in [5.41, 5.74) is -1.29. The number of sulfonamides is 1. The highest BCUT2D eigenvalue weighted by molar-refractivity contribution is 9.11. The second kappa shape index (κ2) is 4.04. The first-order valence-corrected chi connectivity index (χ1v) is 7.89. The molecule has 1 aromatic heterocycles. The average Bonchev–Trinajstić information content (AvgIpc) is 2.86. The second-order valence-corrected chi connectivity index (χ2v) is 8.25. The van der Waals surface area contributed by atoms with Crippen molar-refractivity contribution in [3.63, 3.8) is 0 Å². The quantitative estimate of drug-likeness (QED) is 0.874. The fourth-order valence-electron chi connectivity index (χ4n) is 1.49. The Morgan fingerprint density at radius 3 is 2.53 bits per heavy atom. The molecule has 0 aromatic carbocycles. The number of rotatable bonds is 4. The van der Waals surface area contributed by atoms with Gasteiger partial charge in [0.05, 0.1) is 8.68 Å². The van der Waals surface area contributed by atoms with Gasteiger partial charge in [-0.15, -0.1) is 11.3 Å². The van der Waals surface area contributed by atoms with Gasteiger partial charge in [-0.25, -0.2) is 8.42 Å². The number of nitrogens with one attached hydrogen (secondary N) is 1. The average molecular weight is 340 g/mol. The van der Waals surface area contributed by atoms with Crippen molar-refractivity contribution in [3.05, 3.63) is 14.7 Å². The predicted octanol–water partition coefficient (Wildman–Crippen LogP) is 1.71. The molecular formula is C9H10BrNO4S2. The first kappa shape index (κ1) is 13.0. The molecule has 1 aliphatic rings. The number of halogens is 1. The highest BCUT2D eigenvalue weighted by Gasteiger charge is 2.53. The maximum atomic E-state index is 12.0. The van der Waals surface area contributed by atoms with Gasteiger partial charge in [-0.05, 0) is 41.8 Å². The molecule has 0 atom stereocenters. The Labute approximate surface area is 111 Å². The van der Waals surface area contributed by atoms with Crippen molar-refractivity contribution in [2.24, 2.45) is 0 Å². The molecule has 2 N–H and O–H groups in total. The number of aliphatic carboxylic acids is 1. The monoisotopic (exact) mass is 339 g/mol. The van der Waals surface area contributed by atoms with Crippen LogP contribution in [0.4, 0.5) is 0 Å². The van der Waals surface area contributed by atoms with E-state index in [1.807, 2.05) is 0 Å². The predicted molar refractivity (Wildman–Crippen MR) is 66.7 cm³/mol. The Balaban J connectivity index is 2.32. The molecule has 17 heavy (non-hydrogen) atoms. The summed E-state index contributed by atoms with van der Waals surface area (Å²) in [6.07, 6.45) is 0.678. The van der Waals surface area contributed by atoms with E-state index in [9.17, 15) is 13.2 Å². The van der Waals surface area contributed by atoms with Crippen LogP contribution in [-0.2, 0) is 14.8 Å². The lowest BCUT2D eigenvalue weighted by Gasteiger charge is -2.12. The van der Waals surface area contributed by atoms with E-state index in [1.165, 1.54) is 17.4 Å². The van der Waals surface area contributed by atoms with Crippen LogP contribution in [0.2, 0.25) is 0 Å². The van der Waals surface area contributed by atoms with Gasteiger partial charge in [-0.2, -0.15) is 4.72 Å². The van der Waals surface area contributed by atoms with E-state index in [-0.39, 0.29) is 4.90 Å². The van der Waals surface area contributed by atoms with Crippen molar-refractivity contribution in [3.8, 4) is 0 Å². The topological polar surface area (TPSA) is 83.5 Å². The van der Waals surface area contributed by atoms with Crippen molar-refractivity contribution in [1.82, 2.24) is 4.72 Å². The maximum Gasteiger partial charge on any atom is 0.324 e. The lowest BCUT2D eigenvalue weighted by Crippen LogP contribution is -2.42. The Kier molecular flexibility index (Phi) is 3.09. The van der Waals surface area contributed by atoms with Crippen molar-refractivity contribution < 1.29 is 18.3 Å². The van der Waals surface area contributed by atoms with E-state index in [0.29, 0.717) is 21.5 Å². The Morgan fingerprint density at radius 1 is 1.59 bits per heavy atom. The van der Waals surface area contributed by atoms with Gasteiger partial charge in [0, 0.05) is 4.88 Å². The van der Waals surface area contributed by atoms with E-state index >= 15 is 0 Å². The van der Waals surface area contributed by atoms with Crippen molar-refractivity contribution in [2.75, 3.05) is 0 Å². The van der Waals surface area contributed by atoms with Crippen LogP contribution >= 0.6 is 27.3 Å². The van der Waals surface area contributed by atoms with E-state index < -0.39 is 21.5 Å². The zero-order valence-corrected chi connectivity index (χ0v) is 12.1. The van der Waals surface area contributed by atoms with Gasteiger partial charge in [-0.1, -0.05) is 0 Å². The molecule has 0 radical (unpaired) electrons. The zero-order chi connectivity index (χ0) is 12.8. The second-order valence-electron chi connectivity index (χ2n) is 3.96. The number of aryl methyl sites for hydroxylation is 1. The van der Waals surface area contributed by atoms with Crippen molar-refractivity contribution in [1.29, 1.82) is 0 Å². The third-order valence-electron chi connectivity index (χ3n) is 2.62. The Hall–Kier alpha value is -0.440. The zero-order valence-electron chi connectivity index (χ0n) is 8.86. The minimum atomic E-state index is -3.76. The summed E-state index contributed by atoms with van der Waals surface area (Å²) in [6.45, 7) is 1.68. The number of carboxylic acid groups (broad SMARTS) is 1. The summed E-state index contributed by atoms with van der Waals surface area (Å²) < 4.78 is 27.1. The van der Waals surface area contributed by atoms with Gasteiger partial charge in [-0.3, -0.25) is 4.79 Å². The summed E-state index contributed by atoms with van der Waals surface area (Å²) in [7, 11) is -3.76. The third kappa shape index (κ3) is 2.40. The van der Waals surface area contributed by atoms with Crippen LogP contribution in [0, 0.1) is 6.92 Å². The largest absolute Gasteiger partial charge is 0.480 e. The SMILES string of the molecule is Cc1sc(Br)cc1S(=O)(=O)NC1(C(=O)O)CC1. The highest BCUT2D eigenvalue weighted by atomic mass is 79.9. The van der Waals surface area contributed by atoms with Crippen LogP contribution in [0.1, 0.15) is 17.7 Å². The minimum absolute atomic E-state index is 0.141. The molecule has 1 aliphatic carbocycles. The van der Waals surface area contributed by atoms with Gasteiger partial charge in [0.1, 0.15) is 5.54 Å². The van der Waals surface area contributed by atoms with Gasteiger partial charge >= 0.3 is 5.97 Å². The molecule has 1 heterocycles. The third-order valence-corrected chi connectivity index (χ3v) is 5.97. The van der Waals surface area contributed by atoms with Crippen LogP contribution in [0.3, 0.4) is 0 Å². The number of carbonyl (C=O) groups is 1. The van der Waals surface area contributed by atoms with E-state index in [1.54, 1.807) is 6.92 Å². The van der Waals surface area contributed by atoms with Gasteiger partial charge in [0.25, 0.3) is 0 Å². The van der Waals surface area contributed by atoms with E-state index in [4.69, 9.17) is 5.11 Å². The minimum Gasteiger partial charge on any atom is -0.480 e. The van der Waals surface area contributed by atoms with Gasteiger partial charge < -0.3 is 5.11 Å². The molecule has 0 aliphatic heterocycles. The number of thiophene rings is 1. The van der Waals surface area contributed by atoms with Gasteiger partial charge in [0.15, 0.2) is 0 Å². The first-order valence-electron chi connectivity index (χ1n) is 4.80. The van der Waals surface area contributed by atoms with Crippen LogP contribution in [0.15, 0.2) is 14.7 Å². The fourth-order valence-corrected chi connectivity index (χ4v) is 5.33. The standard InChI is InChI=1S/C9H10BrNO4S2/c1-5-6(4-7(10)16-5)17(14,15)11-9(2-3-9)8(12)13/h4,11H,2-3H2,1H3,(H,12,13). The summed E-state index contributed by atoms with van der Waals surface area (Å²) >= 11 is 4.51. The number of hydrogen-bond donors (Lipinski definition) is 2. The molecule has 2 rings (SSSR count). The maximum absolute atomic E-state index is 12.0. The number of carboxylic acids is 1. The van der Waals surface area contributed by atoms with E-state index in [2.05, 4.69) is 20.7 Å². The van der Waals surface area contributed by atoms with Crippen LogP contribution in [0.25, 0.3) is 0 Å². The van der Waals surface area contributed by atoms with Crippen LogP contribution in [0.5, 0.6) is 0 Å². The molecule has 0 amide bonds. The number of hydrogen-bond acceptors (Lipinski definition) is 4. The Morgan fingerprint density at radius 2 is 2.18 bits per heavy atom. The first-order chi connectivity index (χ1) is 7.77. The molecular weight excluding hydrogens is 330 g/mol. The fraction of sp³-hybridized carbons (Fsp3) is 0.444. The molecule has 1 saturated carbocycles. The van der Waals surface area contributed by atoms with Crippen LogP contribution < -0.4 is 4.72 Å². The van der Waals surface area contributed by atoms with E-state index in [0.717, 1.165) is 0 Å². The lowest BCUT2D eigenvalue weighted by molar-refractivity contribution is -0.140. The molecule has 0 saturated heterocycles. The summed E-state index contributed by atoms with van der Waals surface area (Å²) in [5.74, 6) is -1.12.